The molecule has 0 aliphatic heterocycles. The summed E-state index contributed by atoms with van der Waals surface area (Å²) in [5.74, 6) is 14.8. The van der Waals surface area contributed by atoms with E-state index < -0.39 is 18.2 Å². The molecule has 0 bridgehead atoms. The third kappa shape index (κ3) is 11.4. The topological polar surface area (TPSA) is 92.8 Å². The van der Waals surface area contributed by atoms with Crippen molar-refractivity contribution in [1.82, 2.24) is 0 Å². The second kappa shape index (κ2) is 13.3. The van der Waals surface area contributed by atoms with Crippen molar-refractivity contribution >= 4 is 5.97 Å². The predicted octanol–water partition coefficient (Wildman–Crippen LogP) is 1.99. The van der Waals surface area contributed by atoms with E-state index >= 15 is 0 Å². The van der Waals surface area contributed by atoms with Crippen molar-refractivity contribution < 1.29 is 24.2 Å². The van der Waals surface area contributed by atoms with Crippen molar-refractivity contribution in [3.05, 3.63) is 60.0 Å². The lowest BCUT2D eigenvalue weighted by Gasteiger charge is -2.01. The van der Waals surface area contributed by atoms with E-state index in [4.69, 9.17) is 5.90 Å². The van der Waals surface area contributed by atoms with Gasteiger partial charge in [0.1, 0.15) is 11.9 Å². The number of rotatable bonds is 7. The smallest absolute Gasteiger partial charge is 0.324 e. The highest BCUT2D eigenvalue weighted by Gasteiger charge is 2.03. The zero-order valence-corrected chi connectivity index (χ0v) is 14.8. The lowest BCUT2D eigenvalue weighted by Crippen LogP contribution is -2.11. The second-order valence-corrected chi connectivity index (χ2v) is 5.51. The zero-order valence-electron chi connectivity index (χ0n) is 14.8. The van der Waals surface area contributed by atoms with Crippen LogP contribution in [0.3, 0.4) is 0 Å². The summed E-state index contributed by atoms with van der Waals surface area (Å²) < 4.78 is 12.8. The molecule has 0 aliphatic rings. The van der Waals surface area contributed by atoms with E-state index in [1.165, 1.54) is 18.2 Å². The van der Waals surface area contributed by atoms with Crippen LogP contribution < -0.4 is 5.90 Å². The fourth-order valence-electron chi connectivity index (χ4n) is 1.87. The van der Waals surface area contributed by atoms with Crippen LogP contribution in [0, 0.1) is 29.5 Å². The monoisotopic (exact) mass is 371 g/mol. The SMILES string of the molecule is NOC(=O)CCC[C@H](O)C#C/C=C/C=C/[C@H](O)CC#Cc1ccc(F)cc1. The number of hydrogen-bond donors (Lipinski definition) is 3. The Balaban J connectivity index is 2.29. The molecule has 1 aromatic rings. The number of aliphatic hydroxyl groups excluding tert-OH is 2. The van der Waals surface area contributed by atoms with Gasteiger partial charge in [0, 0.05) is 18.4 Å². The highest BCUT2D eigenvalue weighted by Crippen LogP contribution is 2.02. The van der Waals surface area contributed by atoms with Crippen LogP contribution in [0.1, 0.15) is 31.2 Å². The first-order valence-electron chi connectivity index (χ1n) is 8.35. The molecule has 2 atom stereocenters. The van der Waals surface area contributed by atoms with Gasteiger partial charge in [0.15, 0.2) is 0 Å². The van der Waals surface area contributed by atoms with Gasteiger partial charge in [0.05, 0.1) is 6.10 Å². The molecule has 0 heterocycles. The third-order valence-electron chi connectivity index (χ3n) is 3.25. The van der Waals surface area contributed by atoms with Crippen LogP contribution in [-0.2, 0) is 9.63 Å². The molecule has 4 N–H and O–H groups in total. The summed E-state index contributed by atoms with van der Waals surface area (Å²) in [6, 6.07) is 5.81. The average molecular weight is 371 g/mol. The Kier molecular flexibility index (Phi) is 10.9. The average Bonchev–Trinajstić information content (AvgIpc) is 2.66. The Morgan fingerprint density at radius 2 is 2.00 bits per heavy atom. The quantitative estimate of drug-likeness (QED) is 0.387. The summed E-state index contributed by atoms with van der Waals surface area (Å²) in [7, 11) is 0. The van der Waals surface area contributed by atoms with Gasteiger partial charge >= 0.3 is 5.97 Å². The first-order chi connectivity index (χ1) is 13.0. The van der Waals surface area contributed by atoms with Crippen LogP contribution in [0.2, 0.25) is 0 Å². The molecular formula is C21H22FNO4. The van der Waals surface area contributed by atoms with E-state index in [-0.39, 0.29) is 18.7 Å². The lowest BCUT2D eigenvalue weighted by atomic mass is 10.1. The Morgan fingerprint density at radius 1 is 1.26 bits per heavy atom. The molecule has 0 saturated carbocycles. The van der Waals surface area contributed by atoms with E-state index in [1.54, 1.807) is 30.4 Å². The van der Waals surface area contributed by atoms with Crippen molar-refractivity contribution in [2.75, 3.05) is 0 Å². The first-order valence-corrected chi connectivity index (χ1v) is 8.35. The normalized spacial score (nSPS) is 12.7. The minimum Gasteiger partial charge on any atom is -0.388 e. The number of hydrogen-bond acceptors (Lipinski definition) is 5. The molecule has 0 aliphatic carbocycles. The van der Waals surface area contributed by atoms with Crippen molar-refractivity contribution in [2.45, 2.75) is 37.9 Å². The molecule has 0 spiro atoms. The summed E-state index contributed by atoms with van der Waals surface area (Å²) in [5, 5.41) is 19.4. The standard InChI is InChI=1S/C21H22FNO4/c22-18-15-13-17(14-16-18)7-5-10-19(24)8-3-1-2-4-9-20(25)11-6-12-21(26)27-23/h1-3,8,13-16,19-20,24-25H,6,10-12,23H2/b2-1+,8-3+/t19-,20+/m0/s1. The molecule has 0 radical (unpaired) electrons. The van der Waals surface area contributed by atoms with Crippen LogP contribution in [0.25, 0.3) is 0 Å². The number of nitrogens with two attached hydrogens (primary N) is 1. The highest BCUT2D eigenvalue weighted by atomic mass is 19.1. The van der Waals surface area contributed by atoms with E-state index in [0.717, 1.165) is 0 Å². The van der Waals surface area contributed by atoms with Crippen LogP contribution >= 0.6 is 0 Å². The summed E-state index contributed by atoms with van der Waals surface area (Å²) in [5.41, 5.74) is 0.682. The van der Waals surface area contributed by atoms with Crippen molar-refractivity contribution in [2.24, 2.45) is 5.90 Å². The Bertz CT molecular complexity index is 763. The van der Waals surface area contributed by atoms with E-state index in [1.807, 2.05) is 0 Å². The molecule has 0 amide bonds. The lowest BCUT2D eigenvalue weighted by molar-refractivity contribution is -0.144. The maximum Gasteiger partial charge on any atom is 0.324 e. The van der Waals surface area contributed by atoms with Crippen LogP contribution in [-0.4, -0.2) is 28.4 Å². The minimum absolute atomic E-state index is 0.135. The summed E-state index contributed by atoms with van der Waals surface area (Å²) in [4.78, 5) is 14.8. The van der Waals surface area contributed by atoms with Crippen LogP contribution in [0.5, 0.6) is 0 Å². The Hall–Kier alpha value is -2.90. The molecule has 0 unspecified atom stereocenters. The van der Waals surface area contributed by atoms with Crippen LogP contribution in [0.4, 0.5) is 4.39 Å². The molecule has 0 aromatic heterocycles. The summed E-state index contributed by atoms with van der Waals surface area (Å²) in [6.07, 6.45) is 5.94. The number of allylic oxidation sites excluding steroid dienone is 3. The van der Waals surface area contributed by atoms with Gasteiger partial charge in [-0.1, -0.05) is 41.9 Å². The van der Waals surface area contributed by atoms with Crippen molar-refractivity contribution in [3.8, 4) is 23.7 Å². The number of halogens is 1. The fraction of sp³-hybridized carbons (Fsp3) is 0.286. The fourth-order valence-corrected chi connectivity index (χ4v) is 1.87. The molecule has 1 rings (SSSR count). The number of aliphatic hydroxyl groups is 2. The number of benzene rings is 1. The van der Waals surface area contributed by atoms with Gasteiger partial charge in [-0.3, -0.25) is 4.79 Å². The molecule has 5 nitrogen and oxygen atoms in total. The van der Waals surface area contributed by atoms with Crippen molar-refractivity contribution in [1.29, 1.82) is 0 Å². The van der Waals surface area contributed by atoms with Crippen molar-refractivity contribution in [3.63, 3.8) is 0 Å². The predicted molar refractivity (Wildman–Crippen MR) is 100 cm³/mol. The maximum atomic E-state index is 12.8. The van der Waals surface area contributed by atoms with Gasteiger partial charge in [-0.15, -0.1) is 0 Å². The summed E-state index contributed by atoms with van der Waals surface area (Å²) >= 11 is 0. The summed E-state index contributed by atoms with van der Waals surface area (Å²) in [6.45, 7) is 0. The van der Waals surface area contributed by atoms with Crippen LogP contribution in [0.15, 0.2) is 48.6 Å². The zero-order chi connectivity index (χ0) is 19.9. The highest BCUT2D eigenvalue weighted by molar-refractivity contribution is 5.68. The van der Waals surface area contributed by atoms with E-state index in [0.29, 0.717) is 18.4 Å². The molecule has 142 valence electrons. The first kappa shape index (κ1) is 22.1. The molecule has 6 heteroatoms. The van der Waals surface area contributed by atoms with E-state index in [2.05, 4.69) is 28.5 Å². The number of carbonyl (C=O) groups is 1. The second-order valence-electron chi connectivity index (χ2n) is 5.51. The van der Waals surface area contributed by atoms with E-state index in [9.17, 15) is 19.4 Å². The maximum absolute atomic E-state index is 12.8. The molecule has 1 aromatic carbocycles. The molecule has 27 heavy (non-hydrogen) atoms. The Labute approximate surface area is 158 Å². The van der Waals surface area contributed by atoms with Gasteiger partial charge in [-0.2, -0.15) is 5.90 Å². The van der Waals surface area contributed by atoms with Gasteiger partial charge in [0.25, 0.3) is 0 Å². The number of carbonyl (C=O) groups excluding carboxylic acids is 1. The largest absolute Gasteiger partial charge is 0.388 e. The van der Waals surface area contributed by atoms with Gasteiger partial charge in [-0.05, 0) is 43.2 Å². The van der Waals surface area contributed by atoms with Gasteiger partial charge in [0.2, 0.25) is 0 Å². The third-order valence-corrected chi connectivity index (χ3v) is 3.25. The Morgan fingerprint density at radius 3 is 2.70 bits per heavy atom. The van der Waals surface area contributed by atoms with Gasteiger partial charge in [-0.25, -0.2) is 4.39 Å². The van der Waals surface area contributed by atoms with Gasteiger partial charge < -0.3 is 15.1 Å². The molecule has 0 fully saturated rings. The molecule has 0 saturated heterocycles. The molecular weight excluding hydrogens is 349 g/mol. The minimum atomic E-state index is -0.837.